The van der Waals surface area contributed by atoms with Crippen LogP contribution in [0.15, 0.2) is 264 Å². The lowest BCUT2D eigenvalue weighted by molar-refractivity contribution is 0.399. The topological polar surface area (TPSA) is 29.6 Å². The molecule has 20 aromatic rings. The van der Waals surface area contributed by atoms with Crippen molar-refractivity contribution in [1.82, 2.24) is 27.4 Å². The van der Waals surface area contributed by atoms with E-state index in [1.54, 1.807) is 0 Å². The normalized spacial score (nSPS) is 14.0. The summed E-state index contributed by atoms with van der Waals surface area (Å²) in [7, 11) is 0. The van der Waals surface area contributed by atoms with Crippen molar-refractivity contribution in [2.45, 2.75) is 228 Å². The predicted octanol–water partition coefficient (Wildman–Crippen LogP) is 33.9. The van der Waals surface area contributed by atoms with Gasteiger partial charge in [0, 0.05) is 131 Å². The average molecular weight is 1790 g/mol. The number of benzene rings is 14. The number of hydrogen-bond acceptors (Lipinski definition) is 0. The van der Waals surface area contributed by atoms with Gasteiger partial charge in [0.2, 0.25) is 0 Å². The van der Waals surface area contributed by atoms with Crippen molar-refractivity contribution in [1.29, 1.82) is 0 Å². The fourth-order valence-corrected chi connectivity index (χ4v) is 22.1. The fourth-order valence-electron chi connectivity index (χ4n) is 21.4. The third-order valence-electron chi connectivity index (χ3n) is 28.8. The Hall–Kier alpha value is -11.2. The molecule has 14 aromatic carbocycles. The highest BCUT2D eigenvalue weighted by Gasteiger charge is 2.46. The molecular weight excluding hydrogens is 1670 g/mol. The predicted molar refractivity (Wildman–Crippen MR) is 554 cm³/mol. The Morgan fingerprint density at radius 3 is 0.528 bits per heavy atom. The smallest absolute Gasteiger partial charge is 0.0573 e. The standard InChI is InChI=1S/C119H118Br2N6/c1-111(2,3)69-25-41-103-85(53-69)86-54-70(112(4,5)6)26-42-104(86)124(103)79-35-49-99-93(63-79)94-64-80(125-105-43-27-71(113(7,8)9)55-87(105)88-56-72(114(10,11)12)28-44-106(88)125)36-50-100(94)122(99)67-119(97-61-77(120)33-39-83(97)84-40-34-78(121)62-98(84)119)68-123-101-51-37-81(126-107-45-29-73(115(13,14)15)57-89(107)90-58-74(116(16,17)18)30-46-108(90)126)65-95(101)96-66-82(38-52-102(96)123)127-109-47-31-75(117(19,20)21)59-91(109)92-60-76(118(22,23)24)32-48-110(92)127/h25-66H,67-68H2,1-24H3. The van der Waals surface area contributed by atoms with Crippen molar-refractivity contribution in [3.63, 3.8) is 0 Å². The van der Waals surface area contributed by atoms with E-state index < -0.39 is 5.41 Å². The number of aromatic nitrogens is 6. The molecule has 6 heterocycles. The van der Waals surface area contributed by atoms with Crippen LogP contribution in [-0.2, 0) is 61.8 Å². The molecule has 0 amide bonds. The number of hydrogen-bond donors (Lipinski definition) is 0. The monoisotopic (exact) mass is 1790 g/mol. The Morgan fingerprint density at radius 1 is 0.189 bits per heavy atom. The Balaban J connectivity index is 0.845. The molecule has 0 atom stereocenters. The number of halogens is 2. The largest absolute Gasteiger partial charge is 0.339 e. The van der Waals surface area contributed by atoms with Crippen LogP contribution in [0.4, 0.5) is 0 Å². The van der Waals surface area contributed by atoms with Crippen LogP contribution in [0.3, 0.4) is 0 Å². The Labute approximate surface area is 765 Å². The first-order chi connectivity index (χ1) is 59.8. The zero-order valence-corrected chi connectivity index (χ0v) is 81.8. The Bertz CT molecular complexity index is 6930. The SMILES string of the molecule is CC(C)(C)c1ccc2c(c1)c1cc(C(C)(C)C)ccc1n2-c1ccc2c(c1)c1cc(-n3c4ccc(C(C)(C)C)cc4c4cc(C(C)(C)C)ccc43)ccc1n2CC1(Cn2c3ccc(-n4c5ccc(C(C)(C)C)cc5c5cc(C(C)(C)C)ccc54)cc3c3cc(-n4c5ccc(C(C)(C)C)cc5c5cc(C(C)(C)C)ccc54)ccc32)c2cc(Br)ccc2-c2ccc(Br)cc21. The van der Waals surface area contributed by atoms with Crippen molar-refractivity contribution in [2.75, 3.05) is 0 Å². The van der Waals surface area contributed by atoms with Crippen molar-refractivity contribution < 1.29 is 0 Å². The summed E-state index contributed by atoms with van der Waals surface area (Å²) in [6.45, 7) is 57.3. The van der Waals surface area contributed by atoms with E-state index in [9.17, 15) is 0 Å². The molecular formula is C119H118Br2N6. The van der Waals surface area contributed by atoms with Gasteiger partial charge in [0.1, 0.15) is 0 Å². The summed E-state index contributed by atoms with van der Waals surface area (Å²) >= 11 is 8.42. The molecule has 0 aliphatic heterocycles. The minimum Gasteiger partial charge on any atom is -0.339 e. The number of nitrogens with zero attached hydrogens (tertiary/aromatic N) is 6. The molecule has 8 heteroatoms. The van der Waals surface area contributed by atoms with Crippen molar-refractivity contribution in [3.05, 3.63) is 319 Å². The lowest BCUT2D eigenvalue weighted by Gasteiger charge is -2.35. The van der Waals surface area contributed by atoms with E-state index in [-0.39, 0.29) is 43.3 Å². The molecule has 0 N–H and O–H groups in total. The minimum atomic E-state index is -0.722. The van der Waals surface area contributed by atoms with E-state index in [4.69, 9.17) is 0 Å². The summed E-state index contributed by atoms with van der Waals surface area (Å²) in [6.07, 6.45) is 0. The van der Waals surface area contributed by atoms with Crippen molar-refractivity contribution >= 4 is 163 Å². The molecule has 6 nitrogen and oxygen atoms in total. The molecule has 638 valence electrons. The van der Waals surface area contributed by atoms with E-state index in [2.05, 4.69) is 480 Å². The van der Waals surface area contributed by atoms with E-state index in [0.717, 1.165) is 31.7 Å². The molecule has 21 rings (SSSR count). The highest BCUT2D eigenvalue weighted by Crippen LogP contribution is 2.56. The summed E-state index contributed by atoms with van der Waals surface area (Å²) in [5, 5.41) is 15.0. The van der Waals surface area contributed by atoms with Gasteiger partial charge in [-0.3, -0.25) is 0 Å². The van der Waals surface area contributed by atoms with E-state index in [0.29, 0.717) is 13.1 Å². The molecule has 0 spiro atoms. The van der Waals surface area contributed by atoms with Crippen LogP contribution in [0.2, 0.25) is 0 Å². The second kappa shape index (κ2) is 27.9. The van der Waals surface area contributed by atoms with Gasteiger partial charge in [-0.05, 0) is 304 Å². The Morgan fingerprint density at radius 2 is 0.354 bits per heavy atom. The van der Waals surface area contributed by atoms with E-state index in [1.165, 1.54) is 198 Å². The van der Waals surface area contributed by atoms with Gasteiger partial charge in [0.15, 0.2) is 0 Å². The van der Waals surface area contributed by atoms with Crippen LogP contribution in [-0.4, -0.2) is 27.4 Å². The lowest BCUT2D eigenvalue weighted by Crippen LogP contribution is -2.36. The summed E-state index contributed by atoms with van der Waals surface area (Å²) < 4.78 is 17.8. The first-order valence-electron chi connectivity index (χ1n) is 45.9. The first kappa shape index (κ1) is 82.8. The quantitative estimate of drug-likeness (QED) is 0.145. The summed E-state index contributed by atoms with van der Waals surface area (Å²) in [6, 6.07) is 102. The van der Waals surface area contributed by atoms with E-state index >= 15 is 0 Å². The minimum absolute atomic E-state index is 0.0486. The van der Waals surface area contributed by atoms with Crippen LogP contribution < -0.4 is 0 Å². The van der Waals surface area contributed by atoms with Gasteiger partial charge in [0.25, 0.3) is 0 Å². The molecule has 0 radical (unpaired) electrons. The van der Waals surface area contributed by atoms with Gasteiger partial charge in [-0.2, -0.15) is 0 Å². The molecule has 1 aliphatic rings. The lowest BCUT2D eigenvalue weighted by atomic mass is 9.77. The second-order valence-electron chi connectivity index (χ2n) is 45.6. The molecule has 6 aromatic heterocycles. The molecule has 0 unspecified atom stereocenters. The van der Waals surface area contributed by atoms with Gasteiger partial charge < -0.3 is 27.4 Å². The second-order valence-corrected chi connectivity index (χ2v) is 47.5. The molecule has 1 aliphatic carbocycles. The molecule has 0 bridgehead atoms. The summed E-state index contributed by atoms with van der Waals surface area (Å²) in [5.74, 6) is 0. The first-order valence-corrected chi connectivity index (χ1v) is 47.5. The molecule has 127 heavy (non-hydrogen) atoms. The van der Waals surface area contributed by atoms with E-state index in [1.807, 2.05) is 0 Å². The van der Waals surface area contributed by atoms with Gasteiger partial charge in [-0.15, -0.1) is 0 Å². The maximum Gasteiger partial charge on any atom is 0.0573 e. The molecule has 0 saturated heterocycles. The highest BCUT2D eigenvalue weighted by atomic mass is 79.9. The fraction of sp³-hybridized carbons (Fsp3) is 0.294. The number of fused-ring (bicyclic) bond motifs is 21. The van der Waals surface area contributed by atoms with Gasteiger partial charge in [-0.25, -0.2) is 0 Å². The van der Waals surface area contributed by atoms with Crippen molar-refractivity contribution in [3.8, 4) is 33.9 Å². The third-order valence-corrected chi connectivity index (χ3v) is 29.8. The maximum atomic E-state index is 4.21. The maximum absolute atomic E-state index is 4.21. The summed E-state index contributed by atoms with van der Waals surface area (Å²) in [5.41, 5.74) is 33.4. The molecule has 0 fully saturated rings. The van der Waals surface area contributed by atoms with Gasteiger partial charge >= 0.3 is 0 Å². The number of rotatable bonds is 8. The van der Waals surface area contributed by atoms with Crippen LogP contribution in [0.1, 0.15) is 222 Å². The van der Waals surface area contributed by atoms with Crippen LogP contribution in [0, 0.1) is 0 Å². The summed E-state index contributed by atoms with van der Waals surface area (Å²) in [4.78, 5) is 0. The van der Waals surface area contributed by atoms with Gasteiger partial charge in [-0.1, -0.05) is 259 Å². The third kappa shape index (κ3) is 13.2. The molecule has 0 saturated carbocycles. The van der Waals surface area contributed by atoms with Crippen LogP contribution >= 0.6 is 31.9 Å². The van der Waals surface area contributed by atoms with Crippen LogP contribution in [0.5, 0.6) is 0 Å². The average Bonchev–Trinajstić information content (AvgIpc) is 1.54. The van der Waals surface area contributed by atoms with Crippen molar-refractivity contribution in [2.24, 2.45) is 0 Å². The van der Waals surface area contributed by atoms with Crippen LogP contribution in [0.25, 0.3) is 165 Å². The highest BCUT2D eigenvalue weighted by molar-refractivity contribution is 9.10. The van der Waals surface area contributed by atoms with Gasteiger partial charge in [0.05, 0.1) is 49.5 Å². The zero-order chi connectivity index (χ0) is 89.3. The zero-order valence-electron chi connectivity index (χ0n) is 78.6. The Kier molecular flexibility index (Phi) is 18.2.